The second kappa shape index (κ2) is 6.38. The Kier molecular flexibility index (Phi) is 4.32. The van der Waals surface area contributed by atoms with Crippen LogP contribution in [0.2, 0.25) is 0 Å². The zero-order valence-electron chi connectivity index (χ0n) is 12.6. The number of rotatable bonds is 4. The van der Waals surface area contributed by atoms with Gasteiger partial charge < -0.3 is 15.3 Å². The first kappa shape index (κ1) is 14.9. The highest BCUT2D eigenvalue weighted by Crippen LogP contribution is 2.36. The Labute approximate surface area is 130 Å². The number of hydrogen-bond acceptors (Lipinski definition) is 2. The molecule has 2 atom stereocenters. The van der Waals surface area contributed by atoms with Crippen molar-refractivity contribution < 1.29 is 14.7 Å². The summed E-state index contributed by atoms with van der Waals surface area (Å²) in [6.07, 6.45) is 3.53. The van der Waals surface area contributed by atoms with Crippen LogP contribution in [-0.2, 0) is 4.79 Å². The second-order valence-electron chi connectivity index (χ2n) is 6.29. The molecule has 1 saturated carbocycles. The predicted octanol–water partition coefficient (Wildman–Crippen LogP) is 2.79. The third-order valence-corrected chi connectivity index (χ3v) is 4.56. The van der Waals surface area contributed by atoms with E-state index in [0.717, 1.165) is 24.9 Å². The van der Waals surface area contributed by atoms with E-state index >= 15 is 0 Å². The van der Waals surface area contributed by atoms with Gasteiger partial charge in [-0.3, -0.25) is 4.79 Å². The Hall–Kier alpha value is -2.04. The Morgan fingerprint density at radius 3 is 2.55 bits per heavy atom. The molecule has 0 radical (unpaired) electrons. The van der Waals surface area contributed by atoms with Crippen molar-refractivity contribution in [2.24, 2.45) is 5.92 Å². The molecule has 1 aliphatic heterocycles. The molecule has 0 bridgehead atoms. The normalized spacial score (nSPS) is 25.6. The van der Waals surface area contributed by atoms with Crippen LogP contribution in [0.4, 0.5) is 4.79 Å². The van der Waals surface area contributed by atoms with E-state index < -0.39 is 12.1 Å². The maximum atomic E-state index is 12.8. The Bertz CT molecular complexity index is 542. The van der Waals surface area contributed by atoms with Gasteiger partial charge in [-0.05, 0) is 43.6 Å². The first-order chi connectivity index (χ1) is 10.6. The van der Waals surface area contributed by atoms with E-state index in [1.165, 1.54) is 12.8 Å². The molecule has 2 aliphatic rings. The third kappa shape index (κ3) is 3.40. The summed E-state index contributed by atoms with van der Waals surface area (Å²) in [5.41, 5.74) is 1.15. The van der Waals surface area contributed by atoms with E-state index in [1.807, 2.05) is 23.1 Å². The van der Waals surface area contributed by atoms with Gasteiger partial charge in [0, 0.05) is 6.54 Å². The summed E-state index contributed by atoms with van der Waals surface area (Å²) in [5, 5.41) is 11.3. The van der Waals surface area contributed by atoms with Gasteiger partial charge in [0.25, 0.3) is 0 Å². The SMILES string of the molecule is O=C(O)N[C@@H]1CCC[C@H](c2ccccc2)N(CC2CC2)C1=O. The number of hydrogen-bond donors (Lipinski definition) is 2. The lowest BCUT2D eigenvalue weighted by molar-refractivity contribution is -0.135. The molecule has 22 heavy (non-hydrogen) atoms. The van der Waals surface area contributed by atoms with Gasteiger partial charge in [0.1, 0.15) is 6.04 Å². The second-order valence-corrected chi connectivity index (χ2v) is 6.29. The van der Waals surface area contributed by atoms with Gasteiger partial charge >= 0.3 is 6.09 Å². The lowest BCUT2D eigenvalue weighted by atomic mass is 10.0. The number of carboxylic acid groups (broad SMARTS) is 1. The fraction of sp³-hybridized carbons (Fsp3) is 0.529. The molecule has 2 amide bonds. The molecular formula is C17H22N2O3. The van der Waals surface area contributed by atoms with Gasteiger partial charge in [0.05, 0.1) is 6.04 Å². The average Bonchev–Trinajstić information content (AvgIpc) is 3.33. The minimum atomic E-state index is -1.12. The number of nitrogens with one attached hydrogen (secondary N) is 1. The molecule has 2 fully saturated rings. The van der Waals surface area contributed by atoms with Gasteiger partial charge in [-0.2, -0.15) is 0 Å². The van der Waals surface area contributed by atoms with Crippen LogP contribution in [-0.4, -0.2) is 34.6 Å². The lowest BCUT2D eigenvalue weighted by Gasteiger charge is -2.32. The van der Waals surface area contributed by atoms with Gasteiger partial charge in [-0.1, -0.05) is 30.3 Å². The number of benzene rings is 1. The largest absolute Gasteiger partial charge is 0.465 e. The molecule has 3 rings (SSSR count). The van der Waals surface area contributed by atoms with Gasteiger partial charge in [0.15, 0.2) is 0 Å². The van der Waals surface area contributed by atoms with E-state index in [2.05, 4.69) is 17.4 Å². The third-order valence-electron chi connectivity index (χ3n) is 4.56. The maximum Gasteiger partial charge on any atom is 0.405 e. The molecule has 0 aromatic heterocycles. The summed E-state index contributed by atoms with van der Waals surface area (Å²) in [4.78, 5) is 25.7. The molecule has 118 valence electrons. The van der Waals surface area contributed by atoms with E-state index in [1.54, 1.807) is 0 Å². The maximum absolute atomic E-state index is 12.8. The molecule has 1 heterocycles. The number of carbonyl (C=O) groups is 2. The monoisotopic (exact) mass is 302 g/mol. The topological polar surface area (TPSA) is 69.6 Å². The summed E-state index contributed by atoms with van der Waals surface area (Å²) in [7, 11) is 0. The molecule has 0 unspecified atom stereocenters. The van der Waals surface area contributed by atoms with Crippen LogP contribution in [0.25, 0.3) is 0 Å². The Balaban J connectivity index is 1.84. The minimum Gasteiger partial charge on any atom is -0.465 e. The van der Waals surface area contributed by atoms with Gasteiger partial charge in [-0.25, -0.2) is 4.79 Å². The van der Waals surface area contributed by atoms with Crippen LogP contribution in [0.5, 0.6) is 0 Å². The van der Waals surface area contributed by atoms with Crippen LogP contribution in [0.15, 0.2) is 30.3 Å². The van der Waals surface area contributed by atoms with Crippen molar-refractivity contribution in [3.05, 3.63) is 35.9 Å². The Morgan fingerprint density at radius 2 is 1.91 bits per heavy atom. The summed E-state index contributed by atoms with van der Waals surface area (Å²) < 4.78 is 0. The standard InChI is InChI=1S/C17H22N2O3/c20-16-14(18-17(21)22)7-4-8-15(13-5-2-1-3-6-13)19(16)11-12-9-10-12/h1-3,5-6,12,14-15,18H,4,7-11H2,(H,21,22)/t14-,15-/m1/s1. The summed E-state index contributed by atoms with van der Waals surface area (Å²) in [5.74, 6) is 0.513. The van der Waals surface area contributed by atoms with Gasteiger partial charge in [-0.15, -0.1) is 0 Å². The fourth-order valence-electron chi connectivity index (χ4n) is 3.25. The van der Waals surface area contributed by atoms with Crippen LogP contribution in [0.1, 0.15) is 43.7 Å². The number of carbonyl (C=O) groups excluding carboxylic acids is 1. The highest BCUT2D eigenvalue weighted by Gasteiger charge is 2.37. The average molecular weight is 302 g/mol. The van der Waals surface area contributed by atoms with E-state index in [0.29, 0.717) is 12.3 Å². The van der Waals surface area contributed by atoms with Crippen LogP contribution < -0.4 is 5.32 Å². The van der Waals surface area contributed by atoms with Crippen molar-refractivity contribution in [2.45, 2.75) is 44.2 Å². The van der Waals surface area contributed by atoms with Gasteiger partial charge in [0.2, 0.25) is 5.91 Å². The summed E-state index contributed by atoms with van der Waals surface area (Å²) in [6.45, 7) is 0.746. The predicted molar refractivity (Wildman–Crippen MR) is 82.4 cm³/mol. The summed E-state index contributed by atoms with van der Waals surface area (Å²) in [6, 6.07) is 9.54. The molecule has 1 saturated heterocycles. The minimum absolute atomic E-state index is 0.0647. The first-order valence-electron chi connectivity index (χ1n) is 8.00. The molecule has 1 aromatic rings. The molecular weight excluding hydrogens is 280 g/mol. The molecule has 0 spiro atoms. The van der Waals surface area contributed by atoms with E-state index in [4.69, 9.17) is 5.11 Å². The van der Waals surface area contributed by atoms with Crippen LogP contribution >= 0.6 is 0 Å². The zero-order chi connectivity index (χ0) is 15.5. The van der Waals surface area contributed by atoms with Crippen LogP contribution in [0, 0.1) is 5.92 Å². The highest BCUT2D eigenvalue weighted by atomic mass is 16.4. The van der Waals surface area contributed by atoms with E-state index in [-0.39, 0.29) is 11.9 Å². The van der Waals surface area contributed by atoms with Crippen LogP contribution in [0.3, 0.4) is 0 Å². The Morgan fingerprint density at radius 1 is 1.18 bits per heavy atom. The van der Waals surface area contributed by atoms with Crippen molar-refractivity contribution in [2.75, 3.05) is 6.54 Å². The smallest absolute Gasteiger partial charge is 0.405 e. The number of amides is 2. The van der Waals surface area contributed by atoms with Crippen molar-refractivity contribution >= 4 is 12.0 Å². The van der Waals surface area contributed by atoms with Crippen molar-refractivity contribution in [1.29, 1.82) is 0 Å². The van der Waals surface area contributed by atoms with Crippen molar-refractivity contribution in [3.63, 3.8) is 0 Å². The summed E-state index contributed by atoms with van der Waals surface area (Å²) >= 11 is 0. The quantitative estimate of drug-likeness (QED) is 0.898. The number of nitrogens with zero attached hydrogens (tertiary/aromatic N) is 1. The number of likely N-dealkylation sites (tertiary alicyclic amines) is 1. The first-order valence-corrected chi connectivity index (χ1v) is 8.00. The lowest BCUT2D eigenvalue weighted by Crippen LogP contribution is -2.48. The molecule has 5 heteroatoms. The van der Waals surface area contributed by atoms with Crippen molar-refractivity contribution in [1.82, 2.24) is 10.2 Å². The van der Waals surface area contributed by atoms with E-state index in [9.17, 15) is 9.59 Å². The van der Waals surface area contributed by atoms with Crippen molar-refractivity contribution in [3.8, 4) is 0 Å². The molecule has 2 N–H and O–H groups in total. The molecule has 5 nitrogen and oxygen atoms in total. The fourth-order valence-corrected chi connectivity index (χ4v) is 3.25. The zero-order valence-corrected chi connectivity index (χ0v) is 12.6. The molecule has 1 aromatic carbocycles. The highest BCUT2D eigenvalue weighted by molar-refractivity contribution is 5.86. The molecule has 1 aliphatic carbocycles.